The summed E-state index contributed by atoms with van der Waals surface area (Å²) in [6, 6.07) is 2.31. The Labute approximate surface area is 175 Å². The van der Waals surface area contributed by atoms with Crippen LogP contribution in [0, 0.1) is 11.3 Å². The minimum absolute atomic E-state index is 0. The molecule has 160 valence electrons. The lowest BCUT2D eigenvalue weighted by Crippen LogP contribution is -2.42. The van der Waals surface area contributed by atoms with E-state index in [-0.39, 0.29) is 42.2 Å². The minimum Gasteiger partial charge on any atom is -0.351 e. The lowest BCUT2D eigenvalue weighted by atomic mass is 10.1. The first-order chi connectivity index (χ1) is 13.7. The quantitative estimate of drug-likeness (QED) is 0.702. The number of aromatic nitrogens is 3. The summed E-state index contributed by atoms with van der Waals surface area (Å²) < 4.78 is 51.4. The number of nitrogens with one attached hydrogen (secondary N) is 2. The Hall–Kier alpha value is -2.84. The van der Waals surface area contributed by atoms with E-state index in [0.717, 1.165) is 12.4 Å². The monoisotopic (exact) mass is 444 g/mol. The molecule has 1 saturated heterocycles. The molecule has 0 aromatic carbocycles. The van der Waals surface area contributed by atoms with E-state index in [9.17, 15) is 27.6 Å². The molecule has 2 aromatic rings. The molecule has 3 rings (SSSR count). The fourth-order valence-electron chi connectivity index (χ4n) is 2.92. The molecule has 1 fully saturated rings. The standard InChI is InChI=1S/C18H16F4N6O.ClH/c1-9-13(19)3-15(28-9)16(29)25-5-10-2-14(24-6-11(10)4-23)12-7-26-17(27-8-12)18(20,21)22;/h2,6-9,13,15,28H,3,5H2,1H3,(H,25,29);1H/t9-,13-,15-;/m1./s1. The average Bonchev–Trinajstić information content (AvgIpc) is 3.04. The van der Waals surface area contributed by atoms with E-state index in [1.807, 2.05) is 6.07 Å². The van der Waals surface area contributed by atoms with Crippen molar-refractivity contribution in [2.45, 2.75) is 44.3 Å². The van der Waals surface area contributed by atoms with Gasteiger partial charge in [-0.1, -0.05) is 0 Å². The maximum atomic E-state index is 13.6. The zero-order valence-electron chi connectivity index (χ0n) is 15.6. The maximum absolute atomic E-state index is 13.6. The smallest absolute Gasteiger partial charge is 0.351 e. The number of amides is 1. The molecule has 0 unspecified atom stereocenters. The average molecular weight is 445 g/mol. The second-order valence-corrected chi connectivity index (χ2v) is 6.61. The van der Waals surface area contributed by atoms with Gasteiger partial charge in [0, 0.05) is 43.2 Å². The van der Waals surface area contributed by atoms with Gasteiger partial charge in [0.2, 0.25) is 11.7 Å². The maximum Gasteiger partial charge on any atom is 0.451 e. The Morgan fingerprint density at radius 1 is 1.30 bits per heavy atom. The van der Waals surface area contributed by atoms with Crippen molar-refractivity contribution in [2.24, 2.45) is 0 Å². The summed E-state index contributed by atoms with van der Waals surface area (Å²) in [6.45, 7) is 1.62. The van der Waals surface area contributed by atoms with Crippen molar-refractivity contribution >= 4 is 18.3 Å². The number of carbonyl (C=O) groups is 1. The number of halogens is 5. The van der Waals surface area contributed by atoms with Crippen molar-refractivity contribution < 1.29 is 22.4 Å². The molecular formula is C18H17ClF4N6O. The molecule has 0 bridgehead atoms. The highest BCUT2D eigenvalue weighted by Gasteiger charge is 2.35. The number of hydrogen-bond acceptors (Lipinski definition) is 6. The summed E-state index contributed by atoms with van der Waals surface area (Å²) in [7, 11) is 0. The van der Waals surface area contributed by atoms with Gasteiger partial charge < -0.3 is 10.6 Å². The van der Waals surface area contributed by atoms with E-state index in [1.54, 1.807) is 6.92 Å². The number of rotatable bonds is 4. The molecule has 3 heterocycles. The van der Waals surface area contributed by atoms with Gasteiger partial charge in [-0.3, -0.25) is 9.78 Å². The van der Waals surface area contributed by atoms with Gasteiger partial charge in [0.05, 0.1) is 17.3 Å². The molecule has 1 aliphatic rings. The second-order valence-electron chi connectivity index (χ2n) is 6.61. The van der Waals surface area contributed by atoms with E-state index in [2.05, 4.69) is 25.6 Å². The van der Waals surface area contributed by atoms with Gasteiger partial charge in [-0.25, -0.2) is 14.4 Å². The highest BCUT2D eigenvalue weighted by Crippen LogP contribution is 2.27. The number of alkyl halides is 4. The molecule has 2 N–H and O–H groups in total. The Morgan fingerprint density at radius 2 is 1.97 bits per heavy atom. The summed E-state index contributed by atoms with van der Waals surface area (Å²) in [5.41, 5.74) is 1.08. The van der Waals surface area contributed by atoms with Crippen LogP contribution in [0.2, 0.25) is 0 Å². The number of nitrogens with zero attached hydrogens (tertiary/aromatic N) is 4. The van der Waals surface area contributed by atoms with Gasteiger partial charge in [0.15, 0.2) is 0 Å². The topological polar surface area (TPSA) is 104 Å². The Bertz CT molecular complexity index is 937. The van der Waals surface area contributed by atoms with Gasteiger partial charge in [-0.2, -0.15) is 18.4 Å². The molecule has 7 nitrogen and oxygen atoms in total. The van der Waals surface area contributed by atoms with E-state index >= 15 is 0 Å². The zero-order chi connectivity index (χ0) is 21.2. The van der Waals surface area contributed by atoms with Crippen molar-refractivity contribution in [3.63, 3.8) is 0 Å². The van der Waals surface area contributed by atoms with Crippen LogP contribution in [0.4, 0.5) is 17.6 Å². The molecule has 0 aliphatic carbocycles. The summed E-state index contributed by atoms with van der Waals surface area (Å²) in [5, 5.41) is 14.7. The van der Waals surface area contributed by atoms with Gasteiger partial charge in [-0.15, -0.1) is 12.4 Å². The van der Waals surface area contributed by atoms with Gasteiger partial charge in [-0.05, 0) is 18.6 Å². The largest absolute Gasteiger partial charge is 0.451 e. The number of nitriles is 1. The SMILES string of the molecule is C[C@H]1N[C@@H](C(=O)NCc2cc(-c3cnc(C(F)(F)F)nc3)ncc2C#N)C[C@H]1F.Cl. The molecular weight excluding hydrogens is 428 g/mol. The van der Waals surface area contributed by atoms with Crippen LogP contribution >= 0.6 is 12.4 Å². The molecule has 0 spiro atoms. The van der Waals surface area contributed by atoms with Crippen molar-refractivity contribution in [1.29, 1.82) is 5.26 Å². The van der Waals surface area contributed by atoms with Crippen molar-refractivity contribution in [1.82, 2.24) is 25.6 Å². The Kier molecular flexibility index (Phi) is 7.28. The van der Waals surface area contributed by atoms with Crippen LogP contribution in [-0.4, -0.2) is 39.1 Å². The van der Waals surface area contributed by atoms with Crippen LogP contribution in [0.25, 0.3) is 11.3 Å². The summed E-state index contributed by atoms with van der Waals surface area (Å²) in [6.07, 6.45) is -2.50. The third-order valence-electron chi connectivity index (χ3n) is 4.55. The Balaban J connectivity index is 0.00000320. The molecule has 3 atom stereocenters. The lowest BCUT2D eigenvalue weighted by Gasteiger charge is -2.13. The molecule has 2 aromatic heterocycles. The fraction of sp³-hybridized carbons (Fsp3) is 0.389. The lowest BCUT2D eigenvalue weighted by molar-refractivity contribution is -0.145. The van der Waals surface area contributed by atoms with Crippen LogP contribution in [0.5, 0.6) is 0 Å². The third-order valence-corrected chi connectivity index (χ3v) is 4.55. The third kappa shape index (κ3) is 5.20. The number of pyridine rings is 1. The molecule has 1 aliphatic heterocycles. The molecule has 12 heteroatoms. The van der Waals surface area contributed by atoms with E-state index in [4.69, 9.17) is 0 Å². The fourth-order valence-corrected chi connectivity index (χ4v) is 2.92. The number of hydrogen-bond donors (Lipinski definition) is 2. The van der Waals surface area contributed by atoms with Crippen molar-refractivity contribution in [2.75, 3.05) is 0 Å². The van der Waals surface area contributed by atoms with Crippen LogP contribution < -0.4 is 10.6 Å². The first-order valence-corrected chi connectivity index (χ1v) is 8.65. The second kappa shape index (κ2) is 9.32. The predicted octanol–water partition coefficient (Wildman–Crippen LogP) is 2.56. The van der Waals surface area contributed by atoms with E-state index in [0.29, 0.717) is 5.56 Å². The molecule has 30 heavy (non-hydrogen) atoms. The van der Waals surface area contributed by atoms with Crippen LogP contribution in [0.3, 0.4) is 0 Å². The molecule has 0 radical (unpaired) electrons. The predicted molar refractivity (Wildman–Crippen MR) is 100.0 cm³/mol. The summed E-state index contributed by atoms with van der Waals surface area (Å²) >= 11 is 0. The van der Waals surface area contributed by atoms with E-state index in [1.165, 1.54) is 12.3 Å². The normalized spacial score (nSPS) is 20.9. The summed E-state index contributed by atoms with van der Waals surface area (Å²) in [5.74, 6) is -1.68. The number of carbonyl (C=O) groups excluding carboxylic acids is 1. The highest BCUT2D eigenvalue weighted by atomic mass is 35.5. The van der Waals surface area contributed by atoms with Crippen LogP contribution in [-0.2, 0) is 17.5 Å². The zero-order valence-corrected chi connectivity index (χ0v) is 16.4. The van der Waals surface area contributed by atoms with E-state index < -0.39 is 36.2 Å². The highest BCUT2D eigenvalue weighted by molar-refractivity contribution is 5.85. The minimum atomic E-state index is -4.66. The van der Waals surface area contributed by atoms with Crippen LogP contribution in [0.15, 0.2) is 24.7 Å². The molecule has 1 amide bonds. The van der Waals surface area contributed by atoms with Gasteiger partial charge >= 0.3 is 6.18 Å². The first-order valence-electron chi connectivity index (χ1n) is 8.65. The van der Waals surface area contributed by atoms with Crippen LogP contribution in [0.1, 0.15) is 30.3 Å². The first kappa shape index (κ1) is 23.4. The summed E-state index contributed by atoms with van der Waals surface area (Å²) in [4.78, 5) is 22.8. The van der Waals surface area contributed by atoms with Crippen molar-refractivity contribution in [3.05, 3.63) is 41.6 Å². The van der Waals surface area contributed by atoms with Gasteiger partial charge in [0.1, 0.15) is 12.2 Å². The van der Waals surface area contributed by atoms with Crippen molar-refractivity contribution in [3.8, 4) is 17.3 Å². The van der Waals surface area contributed by atoms with Gasteiger partial charge in [0.25, 0.3) is 0 Å². The molecule has 0 saturated carbocycles. The Morgan fingerprint density at radius 3 is 2.50 bits per heavy atom.